The van der Waals surface area contributed by atoms with Gasteiger partial charge in [0.1, 0.15) is 0 Å². The van der Waals surface area contributed by atoms with Crippen molar-refractivity contribution in [1.82, 2.24) is 4.90 Å². The summed E-state index contributed by atoms with van der Waals surface area (Å²) in [5.74, 6) is 1.64. The summed E-state index contributed by atoms with van der Waals surface area (Å²) in [6, 6.07) is 0.749. The lowest BCUT2D eigenvalue weighted by atomic mass is 9.82. The van der Waals surface area contributed by atoms with Crippen molar-refractivity contribution in [3.05, 3.63) is 0 Å². The van der Waals surface area contributed by atoms with Crippen molar-refractivity contribution in [3.63, 3.8) is 0 Å². The van der Waals surface area contributed by atoms with Crippen molar-refractivity contribution in [2.45, 2.75) is 71.4 Å². The molecule has 1 rings (SSSR count). The molecule has 0 aliphatic heterocycles. The summed E-state index contributed by atoms with van der Waals surface area (Å²) in [6.07, 6.45) is 6.68. The molecule has 1 saturated carbocycles. The van der Waals surface area contributed by atoms with Crippen LogP contribution >= 0.6 is 0 Å². The molecule has 17 heavy (non-hydrogen) atoms. The van der Waals surface area contributed by atoms with Crippen molar-refractivity contribution in [2.24, 2.45) is 17.6 Å². The molecular weight excluding hydrogens is 208 g/mol. The molecule has 1 fully saturated rings. The standard InChI is InChI=1S/C15H32N2/c1-12(2)10-15(4,11-16)17(5)14-8-6-13(3)7-9-14/h12-14H,6-11,16H2,1-5H3. The molecule has 2 nitrogen and oxygen atoms in total. The normalized spacial score (nSPS) is 29.6. The highest BCUT2D eigenvalue weighted by molar-refractivity contribution is 4.91. The van der Waals surface area contributed by atoms with Gasteiger partial charge in [-0.05, 0) is 57.9 Å². The monoisotopic (exact) mass is 240 g/mol. The molecule has 0 heterocycles. The smallest absolute Gasteiger partial charge is 0.0305 e. The third-order valence-corrected chi connectivity index (χ3v) is 4.67. The SMILES string of the molecule is CC(C)CC(C)(CN)N(C)C1CCC(C)CC1. The molecule has 1 aliphatic carbocycles. The Morgan fingerprint density at radius 2 is 1.76 bits per heavy atom. The van der Waals surface area contributed by atoms with Crippen LogP contribution in [0.25, 0.3) is 0 Å². The highest BCUT2D eigenvalue weighted by Crippen LogP contribution is 2.32. The molecule has 0 spiro atoms. The van der Waals surface area contributed by atoms with Crippen LogP contribution in [0.2, 0.25) is 0 Å². The third-order valence-electron chi connectivity index (χ3n) is 4.67. The van der Waals surface area contributed by atoms with Crippen LogP contribution in [0.5, 0.6) is 0 Å². The lowest BCUT2D eigenvalue weighted by Gasteiger charge is -2.46. The van der Waals surface area contributed by atoms with E-state index in [4.69, 9.17) is 5.73 Å². The number of nitrogens with zero attached hydrogens (tertiary/aromatic N) is 1. The van der Waals surface area contributed by atoms with E-state index in [2.05, 4.69) is 39.6 Å². The van der Waals surface area contributed by atoms with Gasteiger partial charge in [-0.3, -0.25) is 4.90 Å². The van der Waals surface area contributed by atoms with E-state index in [1.54, 1.807) is 0 Å². The summed E-state index contributed by atoms with van der Waals surface area (Å²) in [6.45, 7) is 10.1. The van der Waals surface area contributed by atoms with E-state index in [0.29, 0.717) is 5.92 Å². The van der Waals surface area contributed by atoms with Gasteiger partial charge >= 0.3 is 0 Å². The Hall–Kier alpha value is -0.0800. The van der Waals surface area contributed by atoms with Gasteiger partial charge in [-0.25, -0.2) is 0 Å². The van der Waals surface area contributed by atoms with Gasteiger partial charge < -0.3 is 5.73 Å². The summed E-state index contributed by atoms with van der Waals surface area (Å²) >= 11 is 0. The number of likely N-dealkylation sites (N-methyl/N-ethyl adjacent to an activating group) is 1. The average Bonchev–Trinajstić information content (AvgIpc) is 2.28. The first-order chi connectivity index (χ1) is 7.89. The summed E-state index contributed by atoms with van der Waals surface area (Å²) in [5, 5.41) is 0. The fraction of sp³-hybridized carbons (Fsp3) is 1.00. The van der Waals surface area contributed by atoms with E-state index >= 15 is 0 Å². The van der Waals surface area contributed by atoms with Crippen LogP contribution in [-0.4, -0.2) is 30.1 Å². The first kappa shape index (κ1) is 15.0. The molecule has 0 radical (unpaired) electrons. The Balaban J connectivity index is 2.61. The topological polar surface area (TPSA) is 29.3 Å². The Morgan fingerprint density at radius 3 is 2.18 bits per heavy atom. The second-order valence-corrected chi connectivity index (χ2v) is 6.82. The Morgan fingerprint density at radius 1 is 1.24 bits per heavy atom. The highest BCUT2D eigenvalue weighted by atomic mass is 15.2. The van der Waals surface area contributed by atoms with Gasteiger partial charge in [-0.1, -0.05) is 20.8 Å². The minimum absolute atomic E-state index is 0.180. The zero-order chi connectivity index (χ0) is 13.1. The molecule has 0 aromatic carbocycles. The maximum atomic E-state index is 6.05. The maximum absolute atomic E-state index is 6.05. The van der Waals surface area contributed by atoms with Crippen LogP contribution in [0.1, 0.15) is 59.8 Å². The van der Waals surface area contributed by atoms with Crippen LogP contribution in [0.3, 0.4) is 0 Å². The molecule has 0 aromatic heterocycles. The van der Waals surface area contributed by atoms with Crippen LogP contribution in [0, 0.1) is 11.8 Å². The predicted octanol–water partition coefficient (Wildman–Crippen LogP) is 3.26. The third kappa shape index (κ3) is 3.96. The molecule has 102 valence electrons. The van der Waals surface area contributed by atoms with Gasteiger partial charge in [-0.15, -0.1) is 0 Å². The number of hydrogen-bond acceptors (Lipinski definition) is 2. The maximum Gasteiger partial charge on any atom is 0.0305 e. The minimum atomic E-state index is 0.180. The first-order valence-corrected chi connectivity index (χ1v) is 7.32. The first-order valence-electron chi connectivity index (χ1n) is 7.32. The molecule has 0 bridgehead atoms. The summed E-state index contributed by atoms with van der Waals surface area (Å²) in [7, 11) is 2.29. The van der Waals surface area contributed by atoms with Crippen LogP contribution in [0.4, 0.5) is 0 Å². The number of rotatable bonds is 5. The zero-order valence-electron chi connectivity index (χ0n) is 12.5. The Kier molecular flexibility index (Phi) is 5.46. The van der Waals surface area contributed by atoms with Crippen molar-refractivity contribution >= 4 is 0 Å². The largest absolute Gasteiger partial charge is 0.329 e. The average molecular weight is 240 g/mol. The summed E-state index contributed by atoms with van der Waals surface area (Å²) in [5.41, 5.74) is 6.23. The number of nitrogens with two attached hydrogens (primary N) is 1. The van der Waals surface area contributed by atoms with E-state index < -0.39 is 0 Å². The molecule has 2 heteroatoms. The van der Waals surface area contributed by atoms with Gasteiger partial charge in [0.05, 0.1) is 0 Å². The predicted molar refractivity (Wildman–Crippen MR) is 76.1 cm³/mol. The van der Waals surface area contributed by atoms with Crippen molar-refractivity contribution in [1.29, 1.82) is 0 Å². The van der Waals surface area contributed by atoms with Crippen LogP contribution in [-0.2, 0) is 0 Å². The van der Waals surface area contributed by atoms with Gasteiger partial charge in [0, 0.05) is 18.1 Å². The molecule has 1 aliphatic rings. The minimum Gasteiger partial charge on any atom is -0.329 e. The zero-order valence-corrected chi connectivity index (χ0v) is 12.5. The number of hydrogen-bond donors (Lipinski definition) is 1. The van der Waals surface area contributed by atoms with Crippen molar-refractivity contribution < 1.29 is 0 Å². The molecule has 2 N–H and O–H groups in total. The van der Waals surface area contributed by atoms with Crippen LogP contribution < -0.4 is 5.73 Å². The molecule has 0 aromatic rings. The van der Waals surface area contributed by atoms with E-state index in [1.807, 2.05) is 0 Å². The fourth-order valence-electron chi connectivity index (χ4n) is 3.32. The van der Waals surface area contributed by atoms with Gasteiger partial charge in [0.15, 0.2) is 0 Å². The van der Waals surface area contributed by atoms with Gasteiger partial charge in [0.25, 0.3) is 0 Å². The summed E-state index contributed by atoms with van der Waals surface area (Å²) < 4.78 is 0. The quantitative estimate of drug-likeness (QED) is 0.799. The van der Waals surface area contributed by atoms with Gasteiger partial charge in [0.2, 0.25) is 0 Å². The van der Waals surface area contributed by atoms with Gasteiger partial charge in [-0.2, -0.15) is 0 Å². The Labute approximate surface area is 108 Å². The molecular formula is C15H32N2. The Bertz CT molecular complexity index is 219. The second-order valence-electron chi connectivity index (χ2n) is 6.82. The van der Waals surface area contributed by atoms with Crippen LogP contribution in [0.15, 0.2) is 0 Å². The van der Waals surface area contributed by atoms with E-state index in [0.717, 1.165) is 18.5 Å². The molecule has 0 amide bonds. The lowest BCUT2D eigenvalue weighted by molar-refractivity contribution is 0.0479. The fourth-order valence-corrected chi connectivity index (χ4v) is 3.32. The van der Waals surface area contributed by atoms with Crippen molar-refractivity contribution in [2.75, 3.05) is 13.6 Å². The molecule has 1 atom stereocenters. The molecule has 1 unspecified atom stereocenters. The van der Waals surface area contributed by atoms with E-state index in [9.17, 15) is 0 Å². The van der Waals surface area contributed by atoms with E-state index in [1.165, 1.54) is 32.1 Å². The molecule has 0 saturated heterocycles. The second kappa shape index (κ2) is 6.19. The van der Waals surface area contributed by atoms with E-state index in [-0.39, 0.29) is 5.54 Å². The highest BCUT2D eigenvalue weighted by Gasteiger charge is 2.34. The summed E-state index contributed by atoms with van der Waals surface area (Å²) in [4.78, 5) is 2.58. The van der Waals surface area contributed by atoms with Crippen molar-refractivity contribution in [3.8, 4) is 0 Å². The lowest BCUT2D eigenvalue weighted by Crippen LogP contribution is -2.55.